The van der Waals surface area contributed by atoms with Crippen molar-refractivity contribution in [1.29, 1.82) is 0 Å². The monoisotopic (exact) mass is 328 g/mol. The molecule has 8 heteroatoms. The van der Waals surface area contributed by atoms with Gasteiger partial charge in [-0.15, -0.1) is 0 Å². The second-order valence-corrected chi connectivity index (χ2v) is 5.39. The molecule has 2 heterocycles. The Morgan fingerprint density at radius 1 is 0.958 bits per heavy atom. The largest absolute Gasteiger partial charge is 0.508 e. The fourth-order valence-electron chi connectivity index (χ4n) is 2.52. The second-order valence-electron chi connectivity index (χ2n) is 5.39. The Morgan fingerprint density at radius 2 is 1.62 bits per heavy atom. The van der Waals surface area contributed by atoms with Crippen LogP contribution in [0.2, 0.25) is 0 Å². The van der Waals surface area contributed by atoms with Gasteiger partial charge in [0.05, 0.1) is 12.4 Å². The number of phenols is 1. The number of aromatic carboxylic acids is 1. The highest BCUT2D eigenvalue weighted by Gasteiger charge is 2.23. The van der Waals surface area contributed by atoms with Crippen LogP contribution in [0.4, 0.5) is 5.82 Å². The van der Waals surface area contributed by atoms with Crippen LogP contribution in [0.5, 0.6) is 5.75 Å². The van der Waals surface area contributed by atoms with Crippen molar-refractivity contribution in [2.45, 2.75) is 0 Å². The van der Waals surface area contributed by atoms with Crippen LogP contribution in [0.3, 0.4) is 0 Å². The number of phenolic OH excluding ortho intramolecular Hbond substituents is 1. The van der Waals surface area contributed by atoms with E-state index < -0.39 is 5.97 Å². The molecule has 0 spiro atoms. The second kappa shape index (κ2) is 6.53. The molecule has 0 aliphatic carbocycles. The van der Waals surface area contributed by atoms with Crippen molar-refractivity contribution in [1.82, 2.24) is 14.9 Å². The summed E-state index contributed by atoms with van der Waals surface area (Å²) < 4.78 is 0. The molecule has 0 unspecified atom stereocenters. The van der Waals surface area contributed by atoms with Crippen LogP contribution in [0.1, 0.15) is 20.8 Å². The van der Waals surface area contributed by atoms with Crippen LogP contribution >= 0.6 is 0 Å². The van der Waals surface area contributed by atoms with Crippen molar-refractivity contribution in [3.05, 3.63) is 47.9 Å². The number of nitrogens with zero attached hydrogens (tertiary/aromatic N) is 4. The summed E-state index contributed by atoms with van der Waals surface area (Å²) in [5.74, 6) is -0.475. The third-order valence-corrected chi connectivity index (χ3v) is 3.86. The third-order valence-electron chi connectivity index (χ3n) is 3.86. The average molecular weight is 328 g/mol. The number of carbonyl (C=O) groups is 2. The van der Waals surface area contributed by atoms with Gasteiger partial charge in [-0.05, 0) is 24.3 Å². The first-order chi connectivity index (χ1) is 11.5. The van der Waals surface area contributed by atoms with Gasteiger partial charge in [0, 0.05) is 31.7 Å². The maximum atomic E-state index is 12.4. The van der Waals surface area contributed by atoms with Gasteiger partial charge in [-0.25, -0.2) is 14.8 Å². The van der Waals surface area contributed by atoms with Gasteiger partial charge in [0.1, 0.15) is 11.6 Å². The molecule has 1 amide bonds. The zero-order valence-corrected chi connectivity index (χ0v) is 12.8. The van der Waals surface area contributed by atoms with Crippen molar-refractivity contribution in [3.8, 4) is 5.75 Å². The first-order valence-corrected chi connectivity index (χ1v) is 7.43. The lowest BCUT2D eigenvalue weighted by Crippen LogP contribution is -2.49. The van der Waals surface area contributed by atoms with E-state index in [0.717, 1.165) is 0 Å². The first-order valence-electron chi connectivity index (χ1n) is 7.43. The van der Waals surface area contributed by atoms with E-state index in [1.807, 2.05) is 4.90 Å². The molecule has 0 bridgehead atoms. The summed E-state index contributed by atoms with van der Waals surface area (Å²) in [4.78, 5) is 34.9. The number of aromatic nitrogens is 2. The molecule has 1 aliphatic heterocycles. The molecule has 0 radical (unpaired) electrons. The molecule has 2 N–H and O–H groups in total. The fourth-order valence-corrected chi connectivity index (χ4v) is 2.52. The minimum absolute atomic E-state index is 0.0815. The van der Waals surface area contributed by atoms with Crippen LogP contribution < -0.4 is 4.90 Å². The SMILES string of the molecule is O=C(O)c1cnc(N2CCN(C(=O)c3ccc(O)cc3)CC2)cn1. The van der Waals surface area contributed by atoms with E-state index in [0.29, 0.717) is 37.6 Å². The number of amides is 1. The van der Waals surface area contributed by atoms with Crippen LogP contribution in [0, 0.1) is 0 Å². The molecule has 1 aromatic carbocycles. The van der Waals surface area contributed by atoms with Crippen molar-refractivity contribution >= 4 is 17.7 Å². The number of benzene rings is 1. The molecule has 3 rings (SSSR count). The summed E-state index contributed by atoms with van der Waals surface area (Å²) in [5, 5.41) is 18.1. The summed E-state index contributed by atoms with van der Waals surface area (Å²) in [7, 11) is 0. The lowest BCUT2D eigenvalue weighted by atomic mass is 10.1. The Balaban J connectivity index is 1.62. The van der Waals surface area contributed by atoms with E-state index in [2.05, 4.69) is 9.97 Å². The molecule has 24 heavy (non-hydrogen) atoms. The minimum atomic E-state index is -1.11. The maximum absolute atomic E-state index is 12.4. The van der Waals surface area contributed by atoms with Gasteiger partial charge in [0.15, 0.2) is 5.69 Å². The molecule has 124 valence electrons. The molecule has 2 aromatic rings. The summed E-state index contributed by atoms with van der Waals surface area (Å²) in [6.07, 6.45) is 2.66. The Labute approximate surface area is 138 Å². The van der Waals surface area contributed by atoms with Gasteiger partial charge in [-0.2, -0.15) is 0 Å². The van der Waals surface area contributed by atoms with Crippen molar-refractivity contribution in [2.24, 2.45) is 0 Å². The Hall–Kier alpha value is -3.16. The number of carbonyl (C=O) groups excluding carboxylic acids is 1. The molecule has 1 fully saturated rings. The van der Waals surface area contributed by atoms with Gasteiger partial charge in [0.2, 0.25) is 0 Å². The smallest absolute Gasteiger partial charge is 0.356 e. The quantitative estimate of drug-likeness (QED) is 0.860. The van der Waals surface area contributed by atoms with E-state index in [1.54, 1.807) is 17.0 Å². The Morgan fingerprint density at radius 3 is 2.17 bits per heavy atom. The number of carboxylic acids is 1. The number of piperazine rings is 1. The fraction of sp³-hybridized carbons (Fsp3) is 0.250. The molecular formula is C16H16N4O4. The van der Waals surface area contributed by atoms with Crippen LogP contribution in [-0.4, -0.2) is 63.1 Å². The number of carboxylic acid groups (broad SMARTS) is 1. The lowest BCUT2D eigenvalue weighted by molar-refractivity contribution is 0.0688. The Bertz CT molecular complexity index is 738. The highest BCUT2D eigenvalue weighted by atomic mass is 16.4. The Kier molecular flexibility index (Phi) is 4.28. The molecule has 1 saturated heterocycles. The average Bonchev–Trinajstić information content (AvgIpc) is 2.62. The topological polar surface area (TPSA) is 107 Å². The third kappa shape index (κ3) is 3.27. The van der Waals surface area contributed by atoms with Crippen molar-refractivity contribution in [3.63, 3.8) is 0 Å². The van der Waals surface area contributed by atoms with Crippen LogP contribution in [0.25, 0.3) is 0 Å². The predicted octanol–water partition coefficient (Wildman–Crippen LogP) is 0.843. The molecule has 1 aliphatic rings. The molecule has 0 saturated carbocycles. The number of aromatic hydroxyl groups is 1. The van der Waals surface area contributed by atoms with Gasteiger partial charge < -0.3 is 20.0 Å². The van der Waals surface area contributed by atoms with Gasteiger partial charge in [0.25, 0.3) is 5.91 Å². The predicted molar refractivity (Wildman–Crippen MR) is 85.2 cm³/mol. The van der Waals surface area contributed by atoms with Gasteiger partial charge in [-0.1, -0.05) is 0 Å². The summed E-state index contributed by atoms with van der Waals surface area (Å²) >= 11 is 0. The first kappa shape index (κ1) is 15.7. The zero-order chi connectivity index (χ0) is 17.1. The summed E-state index contributed by atoms with van der Waals surface area (Å²) in [6, 6.07) is 6.17. The number of hydrogen-bond donors (Lipinski definition) is 2. The molecule has 1 aromatic heterocycles. The van der Waals surface area contributed by atoms with Crippen molar-refractivity contribution < 1.29 is 19.8 Å². The molecule has 8 nitrogen and oxygen atoms in total. The summed E-state index contributed by atoms with van der Waals surface area (Å²) in [5.41, 5.74) is 0.437. The highest BCUT2D eigenvalue weighted by Crippen LogP contribution is 2.16. The zero-order valence-electron chi connectivity index (χ0n) is 12.8. The van der Waals surface area contributed by atoms with E-state index in [-0.39, 0.29) is 17.4 Å². The number of rotatable bonds is 3. The van der Waals surface area contributed by atoms with Crippen LogP contribution in [-0.2, 0) is 0 Å². The van der Waals surface area contributed by atoms with E-state index in [4.69, 9.17) is 5.11 Å². The lowest BCUT2D eigenvalue weighted by Gasteiger charge is -2.35. The number of anilines is 1. The maximum Gasteiger partial charge on any atom is 0.356 e. The normalized spacial score (nSPS) is 14.5. The van der Waals surface area contributed by atoms with E-state index in [9.17, 15) is 14.7 Å². The molecule has 0 atom stereocenters. The van der Waals surface area contributed by atoms with Crippen molar-refractivity contribution in [2.75, 3.05) is 31.1 Å². The summed E-state index contributed by atoms with van der Waals surface area (Å²) in [6.45, 7) is 2.24. The minimum Gasteiger partial charge on any atom is -0.508 e. The number of hydrogen-bond acceptors (Lipinski definition) is 6. The highest BCUT2D eigenvalue weighted by molar-refractivity contribution is 5.94. The van der Waals surface area contributed by atoms with E-state index in [1.165, 1.54) is 24.5 Å². The van der Waals surface area contributed by atoms with Gasteiger partial charge >= 0.3 is 5.97 Å². The van der Waals surface area contributed by atoms with E-state index >= 15 is 0 Å². The standard InChI is InChI=1S/C16H16N4O4/c21-12-3-1-11(2-4-12)15(22)20-7-5-19(6-8-20)14-10-17-13(9-18-14)16(23)24/h1-4,9-10,21H,5-8H2,(H,23,24). The van der Waals surface area contributed by atoms with Gasteiger partial charge in [-0.3, -0.25) is 4.79 Å². The molecular weight excluding hydrogens is 312 g/mol. The van der Waals surface area contributed by atoms with Crippen LogP contribution in [0.15, 0.2) is 36.7 Å².